The summed E-state index contributed by atoms with van der Waals surface area (Å²) in [6, 6.07) is 5.38. The summed E-state index contributed by atoms with van der Waals surface area (Å²) >= 11 is 6.02. The third-order valence-corrected chi connectivity index (χ3v) is 4.21. The van der Waals surface area contributed by atoms with Gasteiger partial charge in [0.15, 0.2) is 0 Å². The molecule has 0 aliphatic rings. The quantitative estimate of drug-likeness (QED) is 0.257. The van der Waals surface area contributed by atoms with Gasteiger partial charge in [0, 0.05) is 12.8 Å². The van der Waals surface area contributed by atoms with Crippen molar-refractivity contribution in [2.45, 2.75) is 72.1 Å². The minimum Gasteiger partial charge on any atom is -0.465 e. The van der Waals surface area contributed by atoms with Crippen molar-refractivity contribution >= 4 is 23.5 Å². The Morgan fingerprint density at radius 3 is 2.15 bits per heavy atom. The van der Waals surface area contributed by atoms with E-state index in [1.165, 1.54) is 0 Å². The van der Waals surface area contributed by atoms with Gasteiger partial charge in [-0.2, -0.15) is 0 Å². The summed E-state index contributed by atoms with van der Waals surface area (Å²) in [6.45, 7) is 6.48. The second-order valence-electron chi connectivity index (χ2n) is 7.11. The first-order chi connectivity index (χ1) is 12.4. The standard InChI is InChI=1S/C21H31ClO4/c1-16(2)15-25-20(23)10-8-6-4-5-7-9-11-21(24)26-19-14-17(3)12-13-18(19)22/h12-14,16H,4-11,15H2,1-3H3. The number of hydrogen-bond acceptors (Lipinski definition) is 4. The number of esters is 2. The van der Waals surface area contributed by atoms with Crippen molar-refractivity contribution in [3.63, 3.8) is 0 Å². The Hall–Kier alpha value is -1.55. The van der Waals surface area contributed by atoms with Gasteiger partial charge in [-0.3, -0.25) is 9.59 Å². The van der Waals surface area contributed by atoms with E-state index >= 15 is 0 Å². The van der Waals surface area contributed by atoms with Crippen LogP contribution in [0.1, 0.15) is 70.8 Å². The lowest BCUT2D eigenvalue weighted by atomic mass is 10.1. The molecule has 0 fully saturated rings. The molecular weight excluding hydrogens is 352 g/mol. The molecule has 0 N–H and O–H groups in total. The van der Waals surface area contributed by atoms with Crippen LogP contribution >= 0.6 is 11.6 Å². The fourth-order valence-electron chi connectivity index (χ4n) is 2.44. The molecule has 146 valence electrons. The van der Waals surface area contributed by atoms with Crippen LogP contribution in [0.15, 0.2) is 18.2 Å². The van der Waals surface area contributed by atoms with Crippen molar-refractivity contribution in [1.82, 2.24) is 0 Å². The molecule has 5 heteroatoms. The van der Waals surface area contributed by atoms with E-state index in [0.29, 0.717) is 36.1 Å². The van der Waals surface area contributed by atoms with E-state index in [9.17, 15) is 9.59 Å². The molecule has 4 nitrogen and oxygen atoms in total. The first-order valence-corrected chi connectivity index (χ1v) is 9.88. The molecule has 1 rings (SSSR count). The molecule has 0 spiro atoms. The Morgan fingerprint density at radius 1 is 0.962 bits per heavy atom. The predicted molar refractivity (Wildman–Crippen MR) is 105 cm³/mol. The molecule has 1 aromatic rings. The number of halogens is 1. The lowest BCUT2D eigenvalue weighted by Gasteiger charge is -2.07. The zero-order valence-electron chi connectivity index (χ0n) is 16.2. The maximum absolute atomic E-state index is 11.9. The molecule has 0 saturated carbocycles. The molecule has 0 atom stereocenters. The maximum atomic E-state index is 11.9. The van der Waals surface area contributed by atoms with E-state index in [4.69, 9.17) is 21.1 Å². The average Bonchev–Trinajstić information content (AvgIpc) is 2.58. The summed E-state index contributed by atoms with van der Waals surface area (Å²) in [5, 5.41) is 0.455. The number of carbonyl (C=O) groups excluding carboxylic acids is 2. The Kier molecular flexibility index (Phi) is 11.0. The summed E-state index contributed by atoms with van der Waals surface area (Å²) in [4.78, 5) is 23.3. The number of unbranched alkanes of at least 4 members (excludes halogenated alkanes) is 5. The van der Waals surface area contributed by atoms with Gasteiger partial charge in [-0.15, -0.1) is 0 Å². The highest BCUT2D eigenvalue weighted by Crippen LogP contribution is 2.25. The molecule has 0 bridgehead atoms. The summed E-state index contributed by atoms with van der Waals surface area (Å²) in [6.07, 6.45) is 6.68. The van der Waals surface area contributed by atoms with Gasteiger partial charge in [-0.25, -0.2) is 0 Å². The van der Waals surface area contributed by atoms with E-state index in [1.807, 2.05) is 26.8 Å². The van der Waals surface area contributed by atoms with E-state index in [1.54, 1.807) is 12.1 Å². The monoisotopic (exact) mass is 382 g/mol. The smallest absolute Gasteiger partial charge is 0.311 e. The van der Waals surface area contributed by atoms with E-state index in [-0.39, 0.29) is 11.9 Å². The van der Waals surface area contributed by atoms with Crippen LogP contribution in [0.3, 0.4) is 0 Å². The molecule has 0 aliphatic heterocycles. The highest BCUT2D eigenvalue weighted by Gasteiger charge is 2.08. The SMILES string of the molecule is Cc1ccc(Cl)c(OC(=O)CCCCCCCCC(=O)OCC(C)C)c1. The van der Waals surface area contributed by atoms with Gasteiger partial charge in [0.2, 0.25) is 0 Å². The zero-order chi connectivity index (χ0) is 19.4. The molecular formula is C21H31ClO4. The highest BCUT2D eigenvalue weighted by atomic mass is 35.5. The maximum Gasteiger partial charge on any atom is 0.311 e. The predicted octanol–water partition coefficient (Wildman–Crippen LogP) is 5.87. The number of benzene rings is 1. The highest BCUT2D eigenvalue weighted by molar-refractivity contribution is 6.32. The summed E-state index contributed by atoms with van der Waals surface area (Å²) in [7, 11) is 0. The fraction of sp³-hybridized carbons (Fsp3) is 0.619. The summed E-state index contributed by atoms with van der Waals surface area (Å²) in [5.41, 5.74) is 1.00. The van der Waals surface area contributed by atoms with Crippen LogP contribution in [0.2, 0.25) is 5.02 Å². The van der Waals surface area contributed by atoms with Crippen LogP contribution in [-0.4, -0.2) is 18.5 Å². The van der Waals surface area contributed by atoms with Crippen molar-refractivity contribution < 1.29 is 19.1 Å². The molecule has 0 unspecified atom stereocenters. The second kappa shape index (κ2) is 12.7. The van der Waals surface area contributed by atoms with Crippen molar-refractivity contribution in [2.75, 3.05) is 6.61 Å². The van der Waals surface area contributed by atoms with E-state index in [0.717, 1.165) is 44.1 Å². The number of rotatable bonds is 12. The van der Waals surface area contributed by atoms with Crippen molar-refractivity contribution in [2.24, 2.45) is 5.92 Å². The third kappa shape index (κ3) is 10.4. The molecule has 0 aromatic heterocycles. The Balaban J connectivity index is 2.02. The lowest BCUT2D eigenvalue weighted by molar-refractivity contribution is -0.144. The topological polar surface area (TPSA) is 52.6 Å². The molecule has 0 saturated heterocycles. The van der Waals surface area contributed by atoms with E-state index < -0.39 is 0 Å². The summed E-state index contributed by atoms with van der Waals surface area (Å²) < 4.78 is 10.5. The largest absolute Gasteiger partial charge is 0.465 e. The number of aryl methyl sites for hydroxylation is 1. The van der Waals surface area contributed by atoms with E-state index in [2.05, 4.69) is 0 Å². The molecule has 1 aromatic carbocycles. The number of hydrogen-bond donors (Lipinski definition) is 0. The minimum atomic E-state index is -0.245. The van der Waals surface area contributed by atoms with Gasteiger partial charge < -0.3 is 9.47 Å². The number of ether oxygens (including phenoxy) is 2. The molecule has 0 aliphatic carbocycles. The number of carbonyl (C=O) groups is 2. The van der Waals surface area contributed by atoms with Gasteiger partial charge >= 0.3 is 11.9 Å². The Bertz CT molecular complexity index is 569. The van der Waals surface area contributed by atoms with Crippen molar-refractivity contribution in [3.05, 3.63) is 28.8 Å². The van der Waals surface area contributed by atoms with Crippen molar-refractivity contribution in [1.29, 1.82) is 0 Å². The van der Waals surface area contributed by atoms with Gasteiger partial charge in [-0.05, 0) is 43.4 Å². The van der Waals surface area contributed by atoms with Crippen LogP contribution < -0.4 is 4.74 Å². The lowest BCUT2D eigenvalue weighted by Crippen LogP contribution is -2.09. The summed E-state index contributed by atoms with van der Waals surface area (Å²) in [5.74, 6) is 0.468. The van der Waals surface area contributed by atoms with Gasteiger partial charge in [0.25, 0.3) is 0 Å². The molecule has 26 heavy (non-hydrogen) atoms. The van der Waals surface area contributed by atoms with Crippen LogP contribution in [0.4, 0.5) is 0 Å². The first kappa shape index (κ1) is 22.5. The average molecular weight is 383 g/mol. The second-order valence-corrected chi connectivity index (χ2v) is 7.51. The normalized spacial score (nSPS) is 10.8. The molecule has 0 radical (unpaired) electrons. The zero-order valence-corrected chi connectivity index (χ0v) is 16.9. The van der Waals surface area contributed by atoms with Crippen molar-refractivity contribution in [3.8, 4) is 5.75 Å². The van der Waals surface area contributed by atoms with Gasteiger partial charge in [-0.1, -0.05) is 57.2 Å². The van der Waals surface area contributed by atoms with Crippen LogP contribution in [0, 0.1) is 12.8 Å². The van der Waals surface area contributed by atoms with Crippen LogP contribution in [0.5, 0.6) is 5.75 Å². The fourth-order valence-corrected chi connectivity index (χ4v) is 2.60. The van der Waals surface area contributed by atoms with Crippen LogP contribution in [0.25, 0.3) is 0 Å². The Labute approximate surface area is 162 Å². The molecule has 0 heterocycles. The minimum absolute atomic E-state index is 0.101. The molecule has 0 amide bonds. The van der Waals surface area contributed by atoms with Crippen LogP contribution in [-0.2, 0) is 14.3 Å². The van der Waals surface area contributed by atoms with Gasteiger partial charge in [0.1, 0.15) is 5.75 Å². The Morgan fingerprint density at radius 2 is 1.54 bits per heavy atom. The first-order valence-electron chi connectivity index (χ1n) is 9.51. The van der Waals surface area contributed by atoms with Gasteiger partial charge in [0.05, 0.1) is 11.6 Å². The third-order valence-electron chi connectivity index (χ3n) is 3.90.